The van der Waals surface area contributed by atoms with Crippen molar-refractivity contribution in [3.05, 3.63) is 47.0 Å². The van der Waals surface area contributed by atoms with E-state index in [-0.39, 0.29) is 11.3 Å². The number of carbonyl (C=O) groups excluding carboxylic acids is 1. The van der Waals surface area contributed by atoms with E-state index in [1.807, 2.05) is 0 Å². The van der Waals surface area contributed by atoms with Crippen LogP contribution >= 0.6 is 11.6 Å². The van der Waals surface area contributed by atoms with Crippen molar-refractivity contribution in [1.29, 1.82) is 0 Å². The number of nitrogens with one attached hydrogen (secondary N) is 1. The fourth-order valence-electron chi connectivity index (χ4n) is 2.24. The van der Waals surface area contributed by atoms with Crippen LogP contribution in [-0.4, -0.2) is 41.8 Å². The van der Waals surface area contributed by atoms with Gasteiger partial charge >= 0.3 is 0 Å². The molecule has 1 amide bonds. The molecular formula is C17H19ClN2O5S. The Bertz CT molecular complexity index is 931. The number of rotatable bonds is 6. The first-order chi connectivity index (χ1) is 12.2. The zero-order chi connectivity index (χ0) is 19.5. The molecule has 140 valence electrons. The van der Waals surface area contributed by atoms with Crippen LogP contribution in [0.3, 0.4) is 0 Å². The van der Waals surface area contributed by atoms with Gasteiger partial charge in [0.15, 0.2) is 11.5 Å². The van der Waals surface area contributed by atoms with Gasteiger partial charge in [0.05, 0.1) is 42.4 Å². The fraction of sp³-hybridized carbons (Fsp3) is 0.235. The van der Waals surface area contributed by atoms with Crippen LogP contribution in [0.5, 0.6) is 11.5 Å². The summed E-state index contributed by atoms with van der Waals surface area (Å²) in [5.41, 5.74) is 0.645. The summed E-state index contributed by atoms with van der Waals surface area (Å²) in [6, 6.07) is 9.58. The number of hydrogen-bond donors (Lipinski definition) is 1. The Hall–Kier alpha value is -2.45. The molecular weight excluding hydrogens is 380 g/mol. The van der Waals surface area contributed by atoms with E-state index in [1.54, 1.807) is 24.3 Å². The molecule has 0 atom stereocenters. The normalized spacial score (nSPS) is 11.0. The maximum Gasteiger partial charge on any atom is 0.257 e. The van der Waals surface area contributed by atoms with Crippen LogP contribution in [0.15, 0.2) is 36.4 Å². The molecule has 0 unspecified atom stereocenters. The monoisotopic (exact) mass is 398 g/mol. The number of methoxy groups -OCH3 is 2. The summed E-state index contributed by atoms with van der Waals surface area (Å²) >= 11 is 6.07. The lowest BCUT2D eigenvalue weighted by Gasteiger charge is -2.22. The highest BCUT2D eigenvalue weighted by Crippen LogP contribution is 2.36. The highest BCUT2D eigenvalue weighted by molar-refractivity contribution is 7.92. The number of hydrogen-bond acceptors (Lipinski definition) is 5. The van der Waals surface area contributed by atoms with Gasteiger partial charge < -0.3 is 14.8 Å². The Morgan fingerprint density at radius 3 is 2.23 bits per heavy atom. The third-order valence-corrected chi connectivity index (χ3v) is 5.23. The number of para-hydroxylation sites is 1. The van der Waals surface area contributed by atoms with Crippen LogP contribution in [0.4, 0.5) is 11.4 Å². The number of halogens is 1. The van der Waals surface area contributed by atoms with Crippen molar-refractivity contribution in [2.75, 3.05) is 37.1 Å². The van der Waals surface area contributed by atoms with Crippen LogP contribution in [0.2, 0.25) is 5.02 Å². The van der Waals surface area contributed by atoms with Gasteiger partial charge in [-0.2, -0.15) is 0 Å². The SMILES string of the molecule is COc1cc(C(=O)Nc2ccccc2Cl)c(N(C)S(C)(=O)=O)cc1OC. The van der Waals surface area contributed by atoms with Crippen molar-refractivity contribution in [3.63, 3.8) is 0 Å². The van der Waals surface area contributed by atoms with Crippen LogP contribution < -0.4 is 19.1 Å². The summed E-state index contributed by atoms with van der Waals surface area (Å²) in [4.78, 5) is 12.8. The zero-order valence-electron chi connectivity index (χ0n) is 14.7. The molecule has 2 aromatic rings. The molecule has 0 saturated heterocycles. The van der Waals surface area contributed by atoms with Crippen molar-refractivity contribution in [1.82, 2.24) is 0 Å². The second-order valence-corrected chi connectivity index (χ2v) is 7.81. The van der Waals surface area contributed by atoms with Gasteiger partial charge in [-0.1, -0.05) is 23.7 Å². The topological polar surface area (TPSA) is 84.9 Å². The van der Waals surface area contributed by atoms with E-state index < -0.39 is 15.9 Å². The van der Waals surface area contributed by atoms with Gasteiger partial charge in [0.1, 0.15) is 0 Å². The predicted molar refractivity (Wildman–Crippen MR) is 102 cm³/mol. The third kappa shape index (κ3) is 4.20. The Kier molecular flexibility index (Phi) is 5.99. The van der Waals surface area contributed by atoms with E-state index in [4.69, 9.17) is 21.1 Å². The summed E-state index contributed by atoms with van der Waals surface area (Å²) in [6.07, 6.45) is 1.04. The second kappa shape index (κ2) is 7.84. The van der Waals surface area contributed by atoms with Crippen molar-refractivity contribution in [3.8, 4) is 11.5 Å². The Morgan fingerprint density at radius 1 is 1.12 bits per heavy atom. The standard InChI is InChI=1S/C17H19ClN2O5S/c1-20(26(4,22)23)14-10-16(25-3)15(24-2)9-11(14)17(21)19-13-8-6-5-7-12(13)18/h5-10H,1-4H3,(H,19,21). The minimum absolute atomic E-state index is 0.0931. The average molecular weight is 399 g/mol. The highest BCUT2D eigenvalue weighted by Gasteiger charge is 2.24. The van der Waals surface area contributed by atoms with Crippen LogP contribution in [0.25, 0.3) is 0 Å². The van der Waals surface area contributed by atoms with E-state index in [0.29, 0.717) is 22.2 Å². The number of sulfonamides is 1. The molecule has 0 aliphatic carbocycles. The Balaban J connectivity index is 2.57. The van der Waals surface area contributed by atoms with Crippen molar-refractivity contribution < 1.29 is 22.7 Å². The highest BCUT2D eigenvalue weighted by atomic mass is 35.5. The van der Waals surface area contributed by atoms with Crippen LogP contribution in [-0.2, 0) is 10.0 Å². The minimum atomic E-state index is -3.61. The summed E-state index contributed by atoms with van der Waals surface area (Å²) in [7, 11) is 0.590. The molecule has 0 saturated carbocycles. The molecule has 1 N–H and O–H groups in total. The minimum Gasteiger partial charge on any atom is -0.493 e. The molecule has 0 aliphatic rings. The first kappa shape index (κ1) is 19.9. The van der Waals surface area contributed by atoms with E-state index >= 15 is 0 Å². The van der Waals surface area contributed by atoms with Gasteiger partial charge in [-0.15, -0.1) is 0 Å². The quantitative estimate of drug-likeness (QED) is 0.808. The lowest BCUT2D eigenvalue weighted by Crippen LogP contribution is -2.28. The van der Waals surface area contributed by atoms with Crippen molar-refractivity contribution in [2.24, 2.45) is 0 Å². The van der Waals surface area contributed by atoms with E-state index in [2.05, 4.69) is 5.32 Å². The van der Waals surface area contributed by atoms with Crippen LogP contribution in [0.1, 0.15) is 10.4 Å². The van der Waals surface area contributed by atoms with Crippen molar-refractivity contribution >= 4 is 38.9 Å². The summed E-state index contributed by atoms with van der Waals surface area (Å²) in [5, 5.41) is 3.03. The molecule has 0 radical (unpaired) electrons. The van der Waals surface area contributed by atoms with Gasteiger partial charge in [-0.25, -0.2) is 8.42 Å². The first-order valence-electron chi connectivity index (χ1n) is 7.44. The van der Waals surface area contributed by atoms with Crippen LogP contribution in [0, 0.1) is 0 Å². The molecule has 0 spiro atoms. The van der Waals surface area contributed by atoms with Gasteiger partial charge in [0.25, 0.3) is 5.91 Å². The summed E-state index contributed by atoms with van der Waals surface area (Å²) < 4.78 is 35.4. The van der Waals surface area contributed by atoms with Gasteiger partial charge in [-0.05, 0) is 18.2 Å². The average Bonchev–Trinajstić information content (AvgIpc) is 2.60. The lowest BCUT2D eigenvalue weighted by atomic mass is 10.1. The Labute approximate surface area is 157 Å². The zero-order valence-corrected chi connectivity index (χ0v) is 16.3. The molecule has 0 aromatic heterocycles. The largest absolute Gasteiger partial charge is 0.493 e. The van der Waals surface area contributed by atoms with E-state index in [1.165, 1.54) is 33.4 Å². The number of amides is 1. The number of carbonyl (C=O) groups is 1. The van der Waals surface area contributed by atoms with E-state index in [9.17, 15) is 13.2 Å². The molecule has 0 heterocycles. The molecule has 26 heavy (non-hydrogen) atoms. The number of nitrogens with zero attached hydrogens (tertiary/aromatic N) is 1. The summed E-state index contributed by atoms with van der Waals surface area (Å²) in [6.45, 7) is 0. The van der Waals surface area contributed by atoms with Gasteiger partial charge in [-0.3, -0.25) is 9.10 Å². The lowest BCUT2D eigenvalue weighted by molar-refractivity contribution is 0.102. The molecule has 2 rings (SSSR count). The van der Waals surface area contributed by atoms with Crippen molar-refractivity contribution in [2.45, 2.75) is 0 Å². The first-order valence-corrected chi connectivity index (χ1v) is 9.67. The fourth-order valence-corrected chi connectivity index (χ4v) is 2.93. The van der Waals surface area contributed by atoms with Gasteiger partial charge in [0, 0.05) is 13.1 Å². The van der Waals surface area contributed by atoms with E-state index in [0.717, 1.165) is 10.6 Å². The number of benzene rings is 2. The summed E-state index contributed by atoms with van der Waals surface area (Å²) in [5.74, 6) is 0.0549. The smallest absolute Gasteiger partial charge is 0.257 e. The molecule has 0 aliphatic heterocycles. The predicted octanol–water partition coefficient (Wildman–Crippen LogP) is 3.01. The third-order valence-electron chi connectivity index (χ3n) is 3.71. The van der Waals surface area contributed by atoms with Gasteiger partial charge in [0.2, 0.25) is 10.0 Å². The number of anilines is 2. The molecule has 0 bridgehead atoms. The maximum absolute atomic E-state index is 12.8. The second-order valence-electron chi connectivity index (χ2n) is 5.39. The molecule has 7 nitrogen and oxygen atoms in total. The maximum atomic E-state index is 12.8. The molecule has 0 fully saturated rings. The number of ether oxygens (including phenoxy) is 2. The molecule has 2 aromatic carbocycles. The molecule has 9 heteroatoms. The Morgan fingerprint density at radius 2 is 1.69 bits per heavy atom.